The summed E-state index contributed by atoms with van der Waals surface area (Å²) in [6.45, 7) is 2.32. The quantitative estimate of drug-likeness (QED) is 0.668. The lowest BCUT2D eigenvalue weighted by atomic mass is 9.91. The van der Waals surface area contributed by atoms with E-state index < -0.39 is 6.10 Å². The third kappa shape index (κ3) is 4.63. The zero-order chi connectivity index (χ0) is 20.2. The monoisotopic (exact) mass is 394 g/mol. The normalized spacial score (nSPS) is 20.5. The van der Waals surface area contributed by atoms with Crippen LogP contribution in [0.5, 0.6) is 0 Å². The molecule has 29 heavy (non-hydrogen) atoms. The van der Waals surface area contributed by atoms with E-state index in [9.17, 15) is 9.90 Å². The van der Waals surface area contributed by atoms with Crippen LogP contribution < -0.4 is 10.9 Å². The molecule has 0 amide bonds. The molecule has 1 aliphatic rings. The molecular formula is C22H26N4O3. The van der Waals surface area contributed by atoms with Crippen molar-refractivity contribution in [3.05, 3.63) is 70.7 Å². The van der Waals surface area contributed by atoms with E-state index in [0.717, 1.165) is 42.7 Å². The minimum absolute atomic E-state index is 0.0668. The first kappa shape index (κ1) is 19.5. The molecule has 7 heteroatoms. The largest absolute Gasteiger partial charge is 0.464 e. The lowest BCUT2D eigenvalue weighted by Gasteiger charge is -2.30. The standard InChI is InChI=1S/C22H26N4O3/c1-15-2-8-21(29-15)20(27)14-24-17-3-5-18(6-4-17)26-22(28)9-7-19(25-26)16-10-12-23-13-11-16/h2,7-13,17-18,20,24,27H,3-6,14H2,1H3. The van der Waals surface area contributed by atoms with Crippen molar-refractivity contribution in [3.63, 3.8) is 0 Å². The van der Waals surface area contributed by atoms with Crippen molar-refractivity contribution in [1.82, 2.24) is 20.1 Å². The maximum absolute atomic E-state index is 12.4. The first-order valence-electron chi connectivity index (χ1n) is 10.1. The van der Waals surface area contributed by atoms with Gasteiger partial charge in [-0.15, -0.1) is 0 Å². The molecule has 0 saturated heterocycles. The van der Waals surface area contributed by atoms with Gasteiger partial charge in [0.05, 0.1) is 11.7 Å². The second-order valence-corrected chi connectivity index (χ2v) is 7.62. The van der Waals surface area contributed by atoms with Crippen molar-refractivity contribution in [1.29, 1.82) is 0 Å². The third-order valence-corrected chi connectivity index (χ3v) is 5.53. The van der Waals surface area contributed by atoms with E-state index in [1.54, 1.807) is 29.2 Å². The first-order valence-corrected chi connectivity index (χ1v) is 10.1. The summed E-state index contributed by atoms with van der Waals surface area (Å²) < 4.78 is 7.11. The number of rotatable bonds is 6. The van der Waals surface area contributed by atoms with Gasteiger partial charge in [0, 0.05) is 36.6 Å². The van der Waals surface area contributed by atoms with Crippen LogP contribution in [0.15, 0.2) is 58.0 Å². The van der Waals surface area contributed by atoms with E-state index in [1.807, 2.05) is 31.2 Å². The number of aliphatic hydroxyl groups is 1. The van der Waals surface area contributed by atoms with Gasteiger partial charge >= 0.3 is 0 Å². The van der Waals surface area contributed by atoms with Gasteiger partial charge < -0.3 is 14.8 Å². The van der Waals surface area contributed by atoms with Crippen LogP contribution in [-0.2, 0) is 0 Å². The van der Waals surface area contributed by atoms with Gasteiger partial charge in [-0.3, -0.25) is 9.78 Å². The van der Waals surface area contributed by atoms with E-state index in [0.29, 0.717) is 18.3 Å². The summed E-state index contributed by atoms with van der Waals surface area (Å²) in [4.78, 5) is 16.4. The summed E-state index contributed by atoms with van der Waals surface area (Å²) in [5.74, 6) is 1.39. The van der Waals surface area contributed by atoms with Gasteiger partial charge in [0.15, 0.2) is 0 Å². The Kier molecular flexibility index (Phi) is 5.87. The number of hydrogen-bond acceptors (Lipinski definition) is 6. The van der Waals surface area contributed by atoms with E-state index in [1.165, 1.54) is 0 Å². The van der Waals surface area contributed by atoms with Gasteiger partial charge in [0.2, 0.25) is 0 Å². The minimum Gasteiger partial charge on any atom is -0.464 e. The molecular weight excluding hydrogens is 368 g/mol. The number of nitrogens with one attached hydrogen (secondary N) is 1. The van der Waals surface area contributed by atoms with Crippen molar-refractivity contribution < 1.29 is 9.52 Å². The van der Waals surface area contributed by atoms with E-state index in [4.69, 9.17) is 4.42 Å². The molecule has 0 aliphatic heterocycles. The highest BCUT2D eigenvalue weighted by Crippen LogP contribution is 2.28. The molecule has 1 atom stereocenters. The summed E-state index contributed by atoms with van der Waals surface area (Å²) >= 11 is 0. The number of hydrogen-bond donors (Lipinski definition) is 2. The molecule has 7 nitrogen and oxygen atoms in total. The second-order valence-electron chi connectivity index (χ2n) is 7.62. The SMILES string of the molecule is Cc1ccc(C(O)CNC2CCC(n3nc(-c4ccncc4)ccc3=O)CC2)o1. The second kappa shape index (κ2) is 8.71. The number of aryl methyl sites for hydroxylation is 1. The maximum Gasteiger partial charge on any atom is 0.267 e. The molecule has 3 heterocycles. The average molecular weight is 394 g/mol. The van der Waals surface area contributed by atoms with Crippen LogP contribution in [0.4, 0.5) is 0 Å². The molecule has 2 N–H and O–H groups in total. The van der Waals surface area contributed by atoms with E-state index in [-0.39, 0.29) is 11.6 Å². The Hall–Kier alpha value is -2.77. The van der Waals surface area contributed by atoms with Crippen LogP contribution in [0.1, 0.15) is 49.3 Å². The maximum atomic E-state index is 12.4. The van der Waals surface area contributed by atoms with Crippen LogP contribution in [0.2, 0.25) is 0 Å². The number of aromatic nitrogens is 3. The average Bonchev–Trinajstić information content (AvgIpc) is 3.20. The molecule has 3 aromatic heterocycles. The molecule has 1 fully saturated rings. The lowest BCUT2D eigenvalue weighted by Crippen LogP contribution is -2.38. The first-order chi connectivity index (χ1) is 14.1. The predicted molar refractivity (Wildman–Crippen MR) is 109 cm³/mol. The van der Waals surface area contributed by atoms with E-state index >= 15 is 0 Å². The van der Waals surface area contributed by atoms with Gasteiger partial charge in [-0.2, -0.15) is 5.10 Å². The topological polar surface area (TPSA) is 93.2 Å². The van der Waals surface area contributed by atoms with Crippen LogP contribution in [0.25, 0.3) is 11.3 Å². The van der Waals surface area contributed by atoms with Gasteiger partial charge in [0.25, 0.3) is 5.56 Å². The molecule has 1 saturated carbocycles. The van der Waals surface area contributed by atoms with Gasteiger partial charge in [-0.1, -0.05) is 0 Å². The molecule has 0 spiro atoms. The zero-order valence-corrected chi connectivity index (χ0v) is 16.5. The van der Waals surface area contributed by atoms with Gasteiger partial charge in [0.1, 0.15) is 17.6 Å². The highest BCUT2D eigenvalue weighted by molar-refractivity contribution is 5.57. The Morgan fingerprint density at radius 1 is 1.14 bits per heavy atom. The summed E-state index contributed by atoms with van der Waals surface area (Å²) in [6.07, 6.45) is 6.41. The highest BCUT2D eigenvalue weighted by Gasteiger charge is 2.24. The predicted octanol–water partition coefficient (Wildman–Crippen LogP) is 3.01. The summed E-state index contributed by atoms with van der Waals surface area (Å²) in [5.41, 5.74) is 1.66. The van der Waals surface area contributed by atoms with Crippen molar-refractivity contribution >= 4 is 0 Å². The fourth-order valence-corrected chi connectivity index (χ4v) is 3.90. The zero-order valence-electron chi connectivity index (χ0n) is 16.5. The molecule has 1 aliphatic carbocycles. The minimum atomic E-state index is -0.650. The number of furan rings is 1. The molecule has 0 bridgehead atoms. The smallest absolute Gasteiger partial charge is 0.267 e. The Balaban J connectivity index is 1.35. The molecule has 4 rings (SSSR count). The molecule has 0 radical (unpaired) electrons. The van der Waals surface area contributed by atoms with Crippen molar-refractivity contribution in [2.24, 2.45) is 0 Å². The Morgan fingerprint density at radius 3 is 2.59 bits per heavy atom. The van der Waals surface area contributed by atoms with Crippen molar-refractivity contribution in [2.45, 2.75) is 50.8 Å². The summed E-state index contributed by atoms with van der Waals surface area (Å²) in [5, 5.41) is 18.3. The van der Waals surface area contributed by atoms with Crippen LogP contribution in [0.3, 0.4) is 0 Å². The van der Waals surface area contributed by atoms with Crippen LogP contribution >= 0.6 is 0 Å². The van der Waals surface area contributed by atoms with Crippen molar-refractivity contribution in [2.75, 3.05) is 6.54 Å². The Morgan fingerprint density at radius 2 is 1.90 bits per heavy atom. The lowest BCUT2D eigenvalue weighted by molar-refractivity contribution is 0.136. The van der Waals surface area contributed by atoms with Gasteiger partial charge in [-0.25, -0.2) is 4.68 Å². The molecule has 152 valence electrons. The summed E-state index contributed by atoms with van der Waals surface area (Å²) in [6, 6.07) is 11.2. The Labute approximate surface area is 169 Å². The number of pyridine rings is 1. The highest BCUT2D eigenvalue weighted by atomic mass is 16.4. The number of aliphatic hydroxyl groups excluding tert-OH is 1. The van der Waals surface area contributed by atoms with Crippen LogP contribution in [0, 0.1) is 6.92 Å². The number of nitrogens with zero attached hydrogens (tertiary/aromatic N) is 3. The summed E-state index contributed by atoms with van der Waals surface area (Å²) in [7, 11) is 0. The van der Waals surface area contributed by atoms with Gasteiger partial charge in [-0.05, 0) is 62.9 Å². The molecule has 0 aromatic carbocycles. The van der Waals surface area contributed by atoms with Crippen LogP contribution in [-0.4, -0.2) is 32.5 Å². The fourth-order valence-electron chi connectivity index (χ4n) is 3.90. The molecule has 3 aromatic rings. The third-order valence-electron chi connectivity index (χ3n) is 5.53. The van der Waals surface area contributed by atoms with E-state index in [2.05, 4.69) is 15.4 Å². The Bertz CT molecular complexity index is 991. The molecule has 1 unspecified atom stereocenters. The van der Waals surface area contributed by atoms with Crippen molar-refractivity contribution in [3.8, 4) is 11.3 Å². The fraction of sp³-hybridized carbons (Fsp3) is 0.409.